The smallest absolute Gasteiger partial charge is 0.0438 e. The number of aliphatic hydroxyl groups excluding tert-OH is 2. The average Bonchev–Trinajstić information content (AvgIpc) is 2.20. The van der Waals surface area contributed by atoms with Gasteiger partial charge < -0.3 is 10.2 Å². The Bertz CT molecular complexity index is 54.1. The van der Waals surface area contributed by atoms with E-state index < -0.39 is 0 Å². The van der Waals surface area contributed by atoms with Gasteiger partial charge in [-0.2, -0.15) is 24.4 Å². The Balaban J connectivity index is -0.0000000576. The fraction of sp³-hybridized carbons (Fsp3) is 1.00. The van der Waals surface area contributed by atoms with Crippen molar-refractivity contribution in [3.05, 3.63) is 0 Å². The summed E-state index contributed by atoms with van der Waals surface area (Å²) >= 11 is 7.76. The second-order valence-corrected chi connectivity index (χ2v) is 3.30. The molecule has 0 aliphatic rings. The van der Waals surface area contributed by atoms with Gasteiger partial charge in [-0.15, -0.1) is 0 Å². The topological polar surface area (TPSA) is 40.5 Å². The number of thiol groups is 1. The SMILES string of the molecule is C.CI.CSCCCO.OCCCS. The first kappa shape index (κ1) is 24.5. The molecule has 92 valence electrons. The van der Waals surface area contributed by atoms with Gasteiger partial charge in [0.1, 0.15) is 0 Å². The molecule has 0 amide bonds. The van der Waals surface area contributed by atoms with Gasteiger partial charge in [-0.25, -0.2) is 0 Å². The highest BCUT2D eigenvalue weighted by Gasteiger charge is 1.76. The van der Waals surface area contributed by atoms with Crippen LogP contribution in [0.15, 0.2) is 0 Å². The minimum atomic E-state index is 0. The molecule has 0 radical (unpaired) electrons. The minimum Gasteiger partial charge on any atom is -0.396 e. The summed E-state index contributed by atoms with van der Waals surface area (Å²) in [6, 6.07) is 0. The molecule has 0 spiro atoms. The number of rotatable bonds is 5. The number of halogens is 1. The van der Waals surface area contributed by atoms with Crippen LogP contribution in [0.2, 0.25) is 0 Å². The van der Waals surface area contributed by atoms with E-state index in [9.17, 15) is 0 Å². The second kappa shape index (κ2) is 36.7. The van der Waals surface area contributed by atoms with Gasteiger partial charge in [-0.3, -0.25) is 0 Å². The van der Waals surface area contributed by atoms with Crippen LogP contribution in [0.1, 0.15) is 20.3 Å². The van der Waals surface area contributed by atoms with Crippen molar-refractivity contribution in [2.24, 2.45) is 0 Å². The van der Waals surface area contributed by atoms with Gasteiger partial charge in [0, 0.05) is 13.2 Å². The number of alkyl halides is 1. The molecule has 0 heterocycles. The molecule has 0 aliphatic heterocycles. The fourth-order valence-corrected chi connectivity index (χ4v) is 0.839. The van der Waals surface area contributed by atoms with Crippen molar-refractivity contribution in [2.75, 3.05) is 35.9 Å². The molecular weight excluding hydrogens is 331 g/mol. The molecule has 0 rings (SSSR count). The van der Waals surface area contributed by atoms with Gasteiger partial charge in [-0.05, 0) is 35.5 Å². The monoisotopic (exact) mass is 356 g/mol. The van der Waals surface area contributed by atoms with Crippen LogP contribution in [0, 0.1) is 0 Å². The summed E-state index contributed by atoms with van der Waals surface area (Å²) < 4.78 is 0. The van der Waals surface area contributed by atoms with Crippen LogP contribution in [-0.4, -0.2) is 46.1 Å². The molecule has 0 fully saturated rings. The molecule has 0 aromatic carbocycles. The molecule has 2 nitrogen and oxygen atoms in total. The van der Waals surface area contributed by atoms with Crippen LogP contribution in [0.4, 0.5) is 0 Å². The third-order valence-corrected chi connectivity index (χ3v) is 1.84. The van der Waals surface area contributed by atoms with Crippen LogP contribution >= 0.6 is 47.0 Å². The minimum absolute atomic E-state index is 0. The lowest BCUT2D eigenvalue weighted by Gasteiger charge is -1.86. The highest BCUT2D eigenvalue weighted by atomic mass is 127. The van der Waals surface area contributed by atoms with Gasteiger partial charge in [0.25, 0.3) is 0 Å². The van der Waals surface area contributed by atoms with E-state index >= 15 is 0 Å². The number of thioether (sulfide) groups is 1. The first-order valence-corrected chi connectivity index (χ1v) is 8.21. The zero-order chi connectivity index (χ0) is 10.9. The molecule has 0 saturated carbocycles. The lowest BCUT2D eigenvalue weighted by molar-refractivity contribution is 0.296. The van der Waals surface area contributed by atoms with Crippen molar-refractivity contribution in [2.45, 2.75) is 20.3 Å². The van der Waals surface area contributed by atoms with Gasteiger partial charge in [0.2, 0.25) is 0 Å². The predicted octanol–water partition coefficient (Wildman–Crippen LogP) is 2.72. The Labute approximate surface area is 113 Å². The number of aliphatic hydroxyl groups is 2. The molecular formula is C9H25IO2S2. The Morgan fingerprint density at radius 3 is 1.64 bits per heavy atom. The van der Waals surface area contributed by atoms with Crippen molar-refractivity contribution in [3.8, 4) is 0 Å². The highest BCUT2D eigenvalue weighted by molar-refractivity contribution is 14.1. The van der Waals surface area contributed by atoms with Crippen molar-refractivity contribution in [3.63, 3.8) is 0 Å². The first-order chi connectivity index (χ1) is 6.33. The van der Waals surface area contributed by atoms with E-state index in [-0.39, 0.29) is 14.0 Å². The molecule has 0 bridgehead atoms. The summed E-state index contributed by atoms with van der Waals surface area (Å²) in [6.45, 7) is 0.602. The van der Waals surface area contributed by atoms with Crippen molar-refractivity contribution in [1.29, 1.82) is 0 Å². The van der Waals surface area contributed by atoms with Crippen LogP contribution in [-0.2, 0) is 0 Å². The number of hydrogen-bond acceptors (Lipinski definition) is 4. The molecule has 14 heavy (non-hydrogen) atoms. The Morgan fingerprint density at radius 1 is 1.14 bits per heavy atom. The summed E-state index contributed by atoms with van der Waals surface area (Å²) in [5, 5.41) is 16.2. The van der Waals surface area contributed by atoms with Crippen LogP contribution in [0.5, 0.6) is 0 Å². The fourth-order valence-electron chi connectivity index (χ4n) is 0.280. The molecule has 0 saturated heterocycles. The van der Waals surface area contributed by atoms with Crippen LogP contribution in [0.3, 0.4) is 0 Å². The maximum Gasteiger partial charge on any atom is 0.0438 e. The van der Waals surface area contributed by atoms with E-state index in [1.165, 1.54) is 0 Å². The van der Waals surface area contributed by atoms with E-state index in [0.29, 0.717) is 6.61 Å². The molecule has 0 unspecified atom stereocenters. The molecule has 2 N–H and O–H groups in total. The molecule has 0 aliphatic carbocycles. The van der Waals surface area contributed by atoms with Crippen molar-refractivity contribution < 1.29 is 10.2 Å². The van der Waals surface area contributed by atoms with Crippen LogP contribution < -0.4 is 0 Å². The largest absolute Gasteiger partial charge is 0.396 e. The van der Waals surface area contributed by atoms with Crippen molar-refractivity contribution in [1.82, 2.24) is 0 Å². The quantitative estimate of drug-likeness (QED) is 0.307. The predicted molar refractivity (Wildman–Crippen MR) is 82.3 cm³/mol. The third kappa shape index (κ3) is 50.5. The maximum absolute atomic E-state index is 8.18. The molecule has 0 atom stereocenters. The summed E-state index contributed by atoms with van der Waals surface area (Å²) in [5.41, 5.74) is 0. The van der Waals surface area contributed by atoms with Crippen molar-refractivity contribution >= 4 is 47.0 Å². The third-order valence-electron chi connectivity index (χ3n) is 0.823. The normalized spacial score (nSPS) is 7.29. The van der Waals surface area contributed by atoms with E-state index in [2.05, 4.69) is 35.2 Å². The zero-order valence-corrected chi connectivity index (χ0v) is 12.2. The average molecular weight is 356 g/mol. The maximum atomic E-state index is 8.18. The van der Waals surface area contributed by atoms with Gasteiger partial charge >= 0.3 is 0 Å². The van der Waals surface area contributed by atoms with E-state index in [4.69, 9.17) is 10.2 Å². The van der Waals surface area contributed by atoms with Gasteiger partial charge in [0.05, 0.1) is 0 Å². The van der Waals surface area contributed by atoms with E-state index in [0.717, 1.165) is 24.3 Å². The lowest BCUT2D eigenvalue weighted by Crippen LogP contribution is -1.82. The zero-order valence-electron chi connectivity index (χ0n) is 8.37. The summed E-state index contributed by atoms with van der Waals surface area (Å²) in [7, 11) is 0. The lowest BCUT2D eigenvalue weighted by atomic mass is 10.5. The molecule has 0 aromatic heterocycles. The molecule has 5 heteroatoms. The van der Waals surface area contributed by atoms with E-state index in [1.807, 2.05) is 11.2 Å². The Kier molecular flexibility index (Phi) is 64.3. The summed E-state index contributed by atoms with van der Waals surface area (Å²) in [5.74, 6) is 1.87. The first-order valence-electron chi connectivity index (χ1n) is 4.02. The standard InChI is InChI=1S/C4H10OS.C3H8OS.CH3I.CH4/c1-6-4-2-3-5;4-2-1-3-5;1-2;/h5H,2-4H2,1H3;4-5H,1-3H2;1H3;1H4. The van der Waals surface area contributed by atoms with Gasteiger partial charge in [0.15, 0.2) is 0 Å². The summed E-state index contributed by atoms with van der Waals surface area (Å²) in [4.78, 5) is 1.97. The highest BCUT2D eigenvalue weighted by Crippen LogP contribution is 1.92. The van der Waals surface area contributed by atoms with Crippen LogP contribution in [0.25, 0.3) is 0 Å². The number of hydrogen-bond donors (Lipinski definition) is 3. The Morgan fingerprint density at radius 2 is 1.57 bits per heavy atom. The Hall–Kier alpha value is 1.35. The van der Waals surface area contributed by atoms with E-state index in [1.54, 1.807) is 11.8 Å². The second-order valence-electron chi connectivity index (χ2n) is 1.87. The molecule has 0 aromatic rings. The summed E-state index contributed by atoms with van der Waals surface area (Å²) in [6.07, 6.45) is 3.78. The van der Waals surface area contributed by atoms with Gasteiger partial charge in [-0.1, -0.05) is 30.0 Å².